The summed E-state index contributed by atoms with van der Waals surface area (Å²) < 4.78 is 32.3. The van der Waals surface area contributed by atoms with Gasteiger partial charge in [-0.2, -0.15) is 11.8 Å². The Morgan fingerprint density at radius 3 is 2.62 bits per heavy atom. The summed E-state index contributed by atoms with van der Waals surface area (Å²) >= 11 is 1.65. The highest BCUT2D eigenvalue weighted by Gasteiger charge is 2.42. The number of carboxylic acids is 1. The van der Waals surface area contributed by atoms with E-state index in [1.165, 1.54) is 25.3 Å². The molecule has 0 atom stereocenters. The minimum atomic E-state index is -3.73. The van der Waals surface area contributed by atoms with E-state index in [1.54, 1.807) is 11.8 Å². The number of ether oxygens (including phenoxy) is 1. The van der Waals surface area contributed by atoms with Crippen molar-refractivity contribution in [3.63, 3.8) is 0 Å². The third-order valence-corrected chi connectivity index (χ3v) is 6.38. The van der Waals surface area contributed by atoms with E-state index in [0.717, 1.165) is 12.8 Å². The Morgan fingerprint density at radius 2 is 2.14 bits per heavy atom. The number of rotatable bonds is 7. The smallest absolute Gasteiger partial charge is 0.335 e. The highest BCUT2D eigenvalue weighted by molar-refractivity contribution is 8.00. The summed E-state index contributed by atoms with van der Waals surface area (Å²) in [5, 5.41) is 8.93. The molecular formula is C13H17NO5S2. The zero-order valence-electron chi connectivity index (χ0n) is 11.8. The van der Waals surface area contributed by atoms with E-state index in [-0.39, 0.29) is 21.0 Å². The number of carboxylic acid groups (broad SMARTS) is 1. The second-order valence-corrected chi connectivity index (χ2v) is 7.89. The second-order valence-electron chi connectivity index (χ2n) is 4.88. The van der Waals surface area contributed by atoms with Gasteiger partial charge in [0.2, 0.25) is 10.0 Å². The summed E-state index contributed by atoms with van der Waals surface area (Å²) in [6, 6.07) is 3.71. The monoisotopic (exact) mass is 331 g/mol. The summed E-state index contributed by atoms with van der Waals surface area (Å²) in [4.78, 5) is 10.9. The number of hydrogen-bond acceptors (Lipinski definition) is 5. The molecule has 1 saturated carbocycles. The van der Waals surface area contributed by atoms with Crippen molar-refractivity contribution in [2.45, 2.75) is 22.5 Å². The number of nitrogens with one attached hydrogen (secondary N) is 1. The Hall–Kier alpha value is -1.25. The van der Waals surface area contributed by atoms with Crippen molar-refractivity contribution in [3.05, 3.63) is 23.8 Å². The standard InChI is InChI=1S/C13H17NO5S2/c1-19-10-7-9(12(15)16)3-4-11(10)21(17,18)14-8-13(20-2)5-6-13/h3-4,7,14H,5-6,8H2,1-2H3,(H,15,16). The van der Waals surface area contributed by atoms with Gasteiger partial charge >= 0.3 is 5.97 Å². The Morgan fingerprint density at radius 1 is 1.48 bits per heavy atom. The lowest BCUT2D eigenvalue weighted by atomic mass is 10.2. The number of benzene rings is 1. The van der Waals surface area contributed by atoms with Crippen LogP contribution in [0.15, 0.2) is 23.1 Å². The largest absolute Gasteiger partial charge is 0.495 e. The minimum absolute atomic E-state index is 0.00130. The lowest BCUT2D eigenvalue weighted by molar-refractivity contribution is 0.0696. The van der Waals surface area contributed by atoms with Crippen LogP contribution in [0.4, 0.5) is 0 Å². The van der Waals surface area contributed by atoms with Crippen LogP contribution in [0.2, 0.25) is 0 Å². The highest BCUT2D eigenvalue weighted by atomic mass is 32.2. The molecule has 0 spiro atoms. The first kappa shape index (κ1) is 16.1. The van der Waals surface area contributed by atoms with Crippen molar-refractivity contribution < 1.29 is 23.1 Å². The molecule has 0 radical (unpaired) electrons. The van der Waals surface area contributed by atoms with Gasteiger partial charge in [-0.15, -0.1) is 0 Å². The van der Waals surface area contributed by atoms with Crippen LogP contribution < -0.4 is 9.46 Å². The van der Waals surface area contributed by atoms with Gasteiger partial charge in [-0.25, -0.2) is 17.9 Å². The van der Waals surface area contributed by atoms with E-state index in [1.807, 2.05) is 6.26 Å². The maximum Gasteiger partial charge on any atom is 0.335 e. The van der Waals surface area contributed by atoms with Gasteiger partial charge in [0.25, 0.3) is 0 Å². The third-order valence-electron chi connectivity index (χ3n) is 3.53. The van der Waals surface area contributed by atoms with E-state index < -0.39 is 16.0 Å². The molecule has 21 heavy (non-hydrogen) atoms. The molecule has 2 rings (SSSR count). The van der Waals surface area contributed by atoms with Crippen LogP contribution in [-0.4, -0.2) is 44.2 Å². The average Bonchev–Trinajstić information content (AvgIpc) is 3.25. The normalized spacial score (nSPS) is 16.5. The van der Waals surface area contributed by atoms with Crippen LogP contribution in [0.5, 0.6) is 5.75 Å². The van der Waals surface area contributed by atoms with Crippen LogP contribution in [0, 0.1) is 0 Å². The summed E-state index contributed by atoms with van der Waals surface area (Å²) in [7, 11) is -2.42. The maximum atomic E-state index is 12.3. The van der Waals surface area contributed by atoms with Gasteiger partial charge in [-0.05, 0) is 37.3 Å². The van der Waals surface area contributed by atoms with Crippen molar-refractivity contribution in [2.24, 2.45) is 0 Å². The first-order valence-corrected chi connectivity index (χ1v) is 9.00. The SMILES string of the molecule is COc1cc(C(=O)O)ccc1S(=O)(=O)NCC1(SC)CC1. The Kier molecular flexibility index (Phi) is 4.50. The number of aromatic carboxylic acids is 1. The number of sulfonamides is 1. The van der Waals surface area contributed by atoms with Gasteiger partial charge in [-0.3, -0.25) is 0 Å². The van der Waals surface area contributed by atoms with E-state index in [0.29, 0.717) is 6.54 Å². The number of carbonyl (C=O) groups is 1. The Bertz CT molecular complexity index is 653. The molecule has 1 fully saturated rings. The van der Waals surface area contributed by atoms with Gasteiger partial charge < -0.3 is 9.84 Å². The molecule has 0 heterocycles. The topological polar surface area (TPSA) is 92.7 Å². The molecule has 0 unspecified atom stereocenters. The predicted octanol–water partition coefficient (Wildman–Crippen LogP) is 1.57. The molecule has 6 nitrogen and oxygen atoms in total. The number of methoxy groups -OCH3 is 1. The van der Waals surface area contributed by atoms with Crippen LogP contribution in [0.3, 0.4) is 0 Å². The van der Waals surface area contributed by atoms with Gasteiger partial charge in [0.05, 0.1) is 12.7 Å². The second kappa shape index (κ2) is 5.86. The lowest BCUT2D eigenvalue weighted by Crippen LogP contribution is -2.32. The molecule has 116 valence electrons. The molecule has 0 aliphatic heterocycles. The average molecular weight is 331 g/mol. The van der Waals surface area contributed by atoms with Crippen molar-refractivity contribution in [1.29, 1.82) is 0 Å². The van der Waals surface area contributed by atoms with Gasteiger partial charge in [-0.1, -0.05) is 0 Å². The van der Waals surface area contributed by atoms with Gasteiger partial charge in [0.15, 0.2) is 0 Å². The highest BCUT2D eigenvalue weighted by Crippen LogP contribution is 2.46. The first-order valence-electron chi connectivity index (χ1n) is 6.30. The lowest BCUT2D eigenvalue weighted by Gasteiger charge is -2.15. The Balaban J connectivity index is 2.25. The summed E-state index contributed by atoms with van der Waals surface area (Å²) in [6.45, 7) is 0.361. The fourth-order valence-electron chi connectivity index (χ4n) is 1.92. The molecule has 1 aromatic carbocycles. The van der Waals surface area contributed by atoms with Crippen molar-refractivity contribution in [2.75, 3.05) is 19.9 Å². The molecule has 1 aromatic rings. The molecule has 0 saturated heterocycles. The van der Waals surface area contributed by atoms with E-state index in [2.05, 4.69) is 4.72 Å². The van der Waals surface area contributed by atoms with Crippen LogP contribution >= 0.6 is 11.8 Å². The molecule has 0 aromatic heterocycles. The zero-order chi connectivity index (χ0) is 15.7. The van der Waals surface area contributed by atoms with Crippen LogP contribution in [-0.2, 0) is 10.0 Å². The van der Waals surface area contributed by atoms with E-state index in [9.17, 15) is 13.2 Å². The van der Waals surface area contributed by atoms with E-state index in [4.69, 9.17) is 9.84 Å². The summed E-state index contributed by atoms with van der Waals surface area (Å²) in [6.07, 6.45) is 3.95. The molecular weight excluding hydrogens is 314 g/mol. The summed E-state index contributed by atoms with van der Waals surface area (Å²) in [5.41, 5.74) is -0.0198. The van der Waals surface area contributed by atoms with Crippen molar-refractivity contribution in [3.8, 4) is 5.75 Å². The zero-order valence-corrected chi connectivity index (χ0v) is 13.4. The van der Waals surface area contributed by atoms with Crippen LogP contribution in [0.1, 0.15) is 23.2 Å². The molecule has 2 N–H and O–H groups in total. The molecule has 0 bridgehead atoms. The minimum Gasteiger partial charge on any atom is -0.495 e. The van der Waals surface area contributed by atoms with Crippen molar-refractivity contribution in [1.82, 2.24) is 4.72 Å². The quantitative estimate of drug-likeness (QED) is 0.788. The van der Waals surface area contributed by atoms with Crippen LogP contribution in [0.25, 0.3) is 0 Å². The third kappa shape index (κ3) is 3.50. The molecule has 0 amide bonds. The Labute approximate surface area is 127 Å². The van der Waals surface area contributed by atoms with Gasteiger partial charge in [0, 0.05) is 11.3 Å². The van der Waals surface area contributed by atoms with E-state index >= 15 is 0 Å². The van der Waals surface area contributed by atoms with Crippen molar-refractivity contribution >= 4 is 27.8 Å². The molecule has 1 aliphatic rings. The number of thioether (sulfide) groups is 1. The summed E-state index contributed by atoms with van der Waals surface area (Å²) in [5.74, 6) is -1.11. The maximum absolute atomic E-state index is 12.3. The predicted molar refractivity (Wildman–Crippen MR) is 80.6 cm³/mol. The molecule has 1 aliphatic carbocycles. The first-order chi connectivity index (χ1) is 9.83. The molecule has 8 heteroatoms. The fraction of sp³-hybridized carbons (Fsp3) is 0.462. The van der Waals surface area contributed by atoms with Gasteiger partial charge in [0.1, 0.15) is 10.6 Å². The number of hydrogen-bond donors (Lipinski definition) is 2. The fourth-order valence-corrected chi connectivity index (χ4v) is 4.01.